The number of piperidine rings is 1. The van der Waals surface area contributed by atoms with Gasteiger partial charge in [0.25, 0.3) is 0 Å². The normalized spacial score (nSPS) is 18.3. The molecule has 3 rings (SSSR count). The molecule has 0 radical (unpaired) electrons. The molecule has 0 unspecified atom stereocenters. The number of nitrogens with zero attached hydrogens (tertiary/aromatic N) is 2. The van der Waals surface area contributed by atoms with E-state index < -0.39 is 0 Å². The first-order valence-corrected chi connectivity index (χ1v) is 11.6. The van der Waals surface area contributed by atoms with Gasteiger partial charge in [0.15, 0.2) is 0 Å². The van der Waals surface area contributed by atoms with Crippen LogP contribution in [0.1, 0.15) is 44.1 Å². The number of rotatable bonds is 7. The predicted octanol–water partition coefficient (Wildman–Crippen LogP) is 3.45. The maximum Gasteiger partial charge on any atom is 0.244 e. The van der Waals surface area contributed by atoms with Gasteiger partial charge in [0.05, 0.1) is 13.7 Å². The summed E-state index contributed by atoms with van der Waals surface area (Å²) >= 11 is 3.42. The Bertz CT molecular complexity index is 769. The predicted molar refractivity (Wildman–Crippen MR) is 122 cm³/mol. The second kappa shape index (κ2) is 11.0. The quantitative estimate of drug-likeness (QED) is 0.610. The lowest BCUT2D eigenvalue weighted by molar-refractivity contribution is -0.133. The minimum absolute atomic E-state index is 0.0150. The Morgan fingerprint density at radius 2 is 1.87 bits per heavy atom. The van der Waals surface area contributed by atoms with E-state index >= 15 is 0 Å². The van der Waals surface area contributed by atoms with Crippen LogP contribution in [0.4, 0.5) is 0 Å². The van der Waals surface area contributed by atoms with Crippen molar-refractivity contribution >= 4 is 33.8 Å². The highest BCUT2D eigenvalue weighted by Crippen LogP contribution is 2.27. The Balaban J connectivity index is 1.42. The number of benzene rings is 1. The molecule has 1 saturated carbocycles. The van der Waals surface area contributed by atoms with Crippen LogP contribution < -0.4 is 10.1 Å². The summed E-state index contributed by atoms with van der Waals surface area (Å²) in [4.78, 5) is 29.1. The zero-order valence-corrected chi connectivity index (χ0v) is 19.5. The molecule has 1 aromatic carbocycles. The minimum atomic E-state index is -0.291. The van der Waals surface area contributed by atoms with Gasteiger partial charge in [-0.25, -0.2) is 0 Å². The largest absolute Gasteiger partial charge is 0.496 e. The summed E-state index contributed by atoms with van der Waals surface area (Å²) in [5, 5.41) is 2.70. The molecule has 0 atom stereocenters. The van der Waals surface area contributed by atoms with Crippen molar-refractivity contribution in [2.45, 2.75) is 50.6 Å². The molecule has 1 aliphatic carbocycles. The molecule has 1 N–H and O–H groups in total. The average molecular weight is 478 g/mol. The van der Waals surface area contributed by atoms with E-state index in [0.717, 1.165) is 36.0 Å². The van der Waals surface area contributed by atoms with Crippen LogP contribution in [0.3, 0.4) is 0 Å². The molecule has 2 aliphatic rings. The molecule has 1 aliphatic heterocycles. The lowest BCUT2D eigenvalue weighted by Crippen LogP contribution is -2.49. The van der Waals surface area contributed by atoms with E-state index in [2.05, 4.69) is 33.2 Å². The number of likely N-dealkylation sites (tertiary alicyclic amines) is 1. The van der Waals surface area contributed by atoms with Crippen molar-refractivity contribution < 1.29 is 14.3 Å². The summed E-state index contributed by atoms with van der Waals surface area (Å²) in [5.41, 5.74) is 0.793. The topological polar surface area (TPSA) is 61.9 Å². The van der Waals surface area contributed by atoms with Crippen molar-refractivity contribution in [2.75, 3.05) is 33.8 Å². The summed E-state index contributed by atoms with van der Waals surface area (Å²) in [6.07, 6.45) is 10.4. The maximum absolute atomic E-state index is 12.5. The molecule has 0 aromatic heterocycles. The molecule has 6 nitrogen and oxygen atoms in total. The van der Waals surface area contributed by atoms with Crippen LogP contribution in [-0.4, -0.2) is 67.5 Å². The van der Waals surface area contributed by atoms with Crippen LogP contribution in [0.5, 0.6) is 5.75 Å². The van der Waals surface area contributed by atoms with E-state index in [1.54, 1.807) is 13.2 Å². The standard InChI is InChI=1S/C23H32BrN3O3/c1-26(19-5-3-4-6-19)20-11-13-27(14-12-20)23(29)16-25-22(28)10-7-17-15-18(24)8-9-21(17)30-2/h7-10,15,19-20H,3-6,11-14,16H2,1-2H3,(H,25,28)/b10-7+. The Morgan fingerprint density at radius 3 is 2.53 bits per heavy atom. The number of methoxy groups -OCH3 is 1. The highest BCUT2D eigenvalue weighted by Gasteiger charge is 2.29. The van der Waals surface area contributed by atoms with Crippen molar-refractivity contribution in [1.82, 2.24) is 15.1 Å². The minimum Gasteiger partial charge on any atom is -0.496 e. The molecule has 2 fully saturated rings. The van der Waals surface area contributed by atoms with E-state index in [0.29, 0.717) is 17.8 Å². The molecular weight excluding hydrogens is 446 g/mol. The Labute approximate surface area is 187 Å². The van der Waals surface area contributed by atoms with Crippen LogP contribution in [0.15, 0.2) is 28.7 Å². The second-order valence-corrected chi connectivity index (χ2v) is 9.07. The zero-order valence-electron chi connectivity index (χ0n) is 17.9. The van der Waals surface area contributed by atoms with Crippen LogP contribution in [0, 0.1) is 0 Å². The number of amides is 2. The third kappa shape index (κ3) is 6.08. The van der Waals surface area contributed by atoms with Gasteiger partial charge >= 0.3 is 0 Å². The molecule has 164 valence electrons. The van der Waals surface area contributed by atoms with Crippen molar-refractivity contribution in [3.8, 4) is 5.75 Å². The lowest BCUT2D eigenvalue weighted by Gasteiger charge is -2.39. The zero-order chi connectivity index (χ0) is 21.5. The molecule has 1 heterocycles. The lowest BCUT2D eigenvalue weighted by atomic mass is 10.0. The first kappa shape index (κ1) is 22.8. The number of hydrogen-bond donors (Lipinski definition) is 1. The van der Waals surface area contributed by atoms with Crippen molar-refractivity contribution in [3.05, 3.63) is 34.3 Å². The first-order valence-electron chi connectivity index (χ1n) is 10.8. The SMILES string of the molecule is COc1ccc(Br)cc1/C=C/C(=O)NCC(=O)N1CCC(N(C)C2CCCC2)CC1. The number of hydrogen-bond acceptors (Lipinski definition) is 4. The van der Waals surface area contributed by atoms with Gasteiger partial charge in [0, 0.05) is 41.3 Å². The Hall–Kier alpha value is -1.86. The summed E-state index contributed by atoms with van der Waals surface area (Å²) in [5.74, 6) is 0.378. The summed E-state index contributed by atoms with van der Waals surface area (Å²) in [6.45, 7) is 1.56. The fourth-order valence-corrected chi connectivity index (χ4v) is 4.85. The van der Waals surface area contributed by atoms with Gasteiger partial charge in [-0.2, -0.15) is 0 Å². The van der Waals surface area contributed by atoms with E-state index in [4.69, 9.17) is 4.74 Å². The maximum atomic E-state index is 12.5. The monoisotopic (exact) mass is 477 g/mol. The highest BCUT2D eigenvalue weighted by atomic mass is 79.9. The van der Waals surface area contributed by atoms with Crippen molar-refractivity contribution in [2.24, 2.45) is 0 Å². The van der Waals surface area contributed by atoms with E-state index in [1.165, 1.54) is 31.8 Å². The summed E-state index contributed by atoms with van der Waals surface area (Å²) in [7, 11) is 3.83. The van der Waals surface area contributed by atoms with Crippen molar-refractivity contribution in [3.63, 3.8) is 0 Å². The fraction of sp³-hybridized carbons (Fsp3) is 0.565. The van der Waals surface area contributed by atoms with Crippen LogP contribution in [0.25, 0.3) is 6.08 Å². The fourth-order valence-electron chi connectivity index (χ4n) is 4.47. The molecule has 30 heavy (non-hydrogen) atoms. The van der Waals surface area contributed by atoms with Gasteiger partial charge in [0.2, 0.25) is 11.8 Å². The number of carbonyl (C=O) groups excluding carboxylic acids is 2. The molecule has 1 aromatic rings. The van der Waals surface area contributed by atoms with Crippen LogP contribution in [-0.2, 0) is 9.59 Å². The number of carbonyl (C=O) groups is 2. The van der Waals surface area contributed by atoms with E-state index in [-0.39, 0.29) is 18.4 Å². The van der Waals surface area contributed by atoms with Gasteiger partial charge in [-0.3, -0.25) is 9.59 Å². The number of nitrogens with one attached hydrogen (secondary N) is 1. The molecule has 0 bridgehead atoms. The van der Waals surface area contributed by atoms with Gasteiger partial charge < -0.3 is 19.9 Å². The molecular formula is C23H32BrN3O3. The van der Waals surface area contributed by atoms with Gasteiger partial charge in [-0.05, 0) is 57.0 Å². The number of ether oxygens (including phenoxy) is 1. The molecule has 2 amide bonds. The third-order valence-corrected chi connectivity index (χ3v) is 6.81. The summed E-state index contributed by atoms with van der Waals surface area (Å²) in [6, 6.07) is 6.87. The third-order valence-electron chi connectivity index (χ3n) is 6.31. The average Bonchev–Trinajstić information content (AvgIpc) is 3.30. The van der Waals surface area contributed by atoms with Gasteiger partial charge in [0.1, 0.15) is 5.75 Å². The van der Waals surface area contributed by atoms with Crippen molar-refractivity contribution in [1.29, 1.82) is 0 Å². The van der Waals surface area contributed by atoms with E-state index in [1.807, 2.05) is 23.1 Å². The second-order valence-electron chi connectivity index (χ2n) is 8.15. The number of halogens is 1. The highest BCUT2D eigenvalue weighted by molar-refractivity contribution is 9.10. The van der Waals surface area contributed by atoms with Crippen LogP contribution in [0.2, 0.25) is 0 Å². The summed E-state index contributed by atoms with van der Waals surface area (Å²) < 4.78 is 6.20. The Kier molecular flexibility index (Phi) is 8.33. The van der Waals surface area contributed by atoms with Crippen LogP contribution >= 0.6 is 15.9 Å². The van der Waals surface area contributed by atoms with Gasteiger partial charge in [-0.1, -0.05) is 28.8 Å². The Morgan fingerprint density at radius 1 is 1.20 bits per heavy atom. The smallest absolute Gasteiger partial charge is 0.244 e. The molecule has 7 heteroatoms. The van der Waals surface area contributed by atoms with Gasteiger partial charge in [-0.15, -0.1) is 0 Å². The van der Waals surface area contributed by atoms with E-state index in [9.17, 15) is 9.59 Å². The first-order chi connectivity index (χ1) is 14.5. The molecule has 0 spiro atoms. The molecule has 1 saturated heterocycles.